The Morgan fingerprint density at radius 3 is 2.36 bits per heavy atom. The van der Waals surface area contributed by atoms with Crippen LogP contribution >= 0.6 is 0 Å². The van der Waals surface area contributed by atoms with Gasteiger partial charge in [-0.3, -0.25) is 4.79 Å². The van der Waals surface area contributed by atoms with E-state index in [1.165, 1.54) is 18.2 Å². The van der Waals surface area contributed by atoms with Crippen LogP contribution in [0.4, 0.5) is 18.9 Å². The number of alkyl halides is 3. The molecule has 22 heavy (non-hydrogen) atoms. The van der Waals surface area contributed by atoms with Crippen LogP contribution in [0, 0.1) is 0 Å². The van der Waals surface area contributed by atoms with Gasteiger partial charge in [-0.1, -0.05) is 36.4 Å². The molecule has 0 saturated heterocycles. The smallest absolute Gasteiger partial charge is 0.406 e. The van der Waals surface area contributed by atoms with E-state index >= 15 is 0 Å². The summed E-state index contributed by atoms with van der Waals surface area (Å²) in [5, 5.41) is 2.80. The van der Waals surface area contributed by atoms with Crippen molar-refractivity contribution in [2.75, 3.05) is 5.32 Å². The van der Waals surface area contributed by atoms with E-state index in [0.29, 0.717) is 5.56 Å². The van der Waals surface area contributed by atoms with Crippen molar-refractivity contribution in [1.82, 2.24) is 0 Å². The number of nitrogens with two attached hydrogens (primary N) is 1. The molecular formula is C15H13F3N2O2. The lowest BCUT2D eigenvalue weighted by atomic mass is 10.1. The number of amides is 1. The van der Waals surface area contributed by atoms with E-state index in [9.17, 15) is 18.0 Å². The van der Waals surface area contributed by atoms with Crippen molar-refractivity contribution in [3.63, 3.8) is 0 Å². The molecule has 2 aromatic rings. The fourth-order valence-corrected chi connectivity index (χ4v) is 1.91. The summed E-state index contributed by atoms with van der Waals surface area (Å²) in [6.45, 7) is 0. The van der Waals surface area contributed by atoms with Crippen LogP contribution in [0.3, 0.4) is 0 Å². The number of carbonyl (C=O) groups excluding carboxylic acids is 1. The molecule has 0 aliphatic carbocycles. The van der Waals surface area contributed by atoms with E-state index < -0.39 is 18.3 Å². The minimum absolute atomic E-state index is 0.286. The minimum atomic E-state index is -4.78. The summed E-state index contributed by atoms with van der Waals surface area (Å²) in [7, 11) is 0. The van der Waals surface area contributed by atoms with Crippen LogP contribution < -0.4 is 15.8 Å². The summed E-state index contributed by atoms with van der Waals surface area (Å²) >= 11 is 0. The van der Waals surface area contributed by atoms with Crippen molar-refractivity contribution in [2.24, 2.45) is 5.73 Å². The number of hydrogen-bond donors (Lipinski definition) is 2. The quantitative estimate of drug-likeness (QED) is 0.891. The van der Waals surface area contributed by atoms with Gasteiger partial charge in [0.2, 0.25) is 5.91 Å². The van der Waals surface area contributed by atoms with Crippen molar-refractivity contribution < 1.29 is 22.7 Å². The van der Waals surface area contributed by atoms with Gasteiger partial charge in [-0.25, -0.2) is 0 Å². The lowest BCUT2D eigenvalue weighted by molar-refractivity contribution is -0.274. The van der Waals surface area contributed by atoms with E-state index in [0.717, 1.165) is 6.07 Å². The minimum Gasteiger partial charge on any atom is -0.406 e. The van der Waals surface area contributed by atoms with Gasteiger partial charge in [0.05, 0.1) is 0 Å². The molecule has 0 heterocycles. The number of benzene rings is 2. The first-order chi connectivity index (χ1) is 10.3. The van der Waals surface area contributed by atoms with Crippen molar-refractivity contribution in [3.8, 4) is 5.75 Å². The first kappa shape index (κ1) is 15.7. The predicted molar refractivity (Wildman–Crippen MR) is 75.1 cm³/mol. The normalized spacial score (nSPS) is 12.5. The number of anilines is 1. The summed E-state index contributed by atoms with van der Waals surface area (Å²) < 4.78 is 40.5. The molecule has 1 amide bonds. The molecule has 0 bridgehead atoms. The number of primary amides is 1. The zero-order chi connectivity index (χ0) is 16.2. The second-order valence-electron chi connectivity index (χ2n) is 4.47. The lowest BCUT2D eigenvalue weighted by Gasteiger charge is -2.18. The molecule has 0 saturated carbocycles. The second kappa shape index (κ2) is 6.38. The Morgan fingerprint density at radius 2 is 1.77 bits per heavy atom. The number of rotatable bonds is 5. The van der Waals surface area contributed by atoms with Crippen LogP contribution in [0.1, 0.15) is 11.6 Å². The topological polar surface area (TPSA) is 64.4 Å². The van der Waals surface area contributed by atoms with Gasteiger partial charge in [-0.05, 0) is 17.7 Å². The van der Waals surface area contributed by atoms with E-state index in [1.54, 1.807) is 30.3 Å². The highest BCUT2D eigenvalue weighted by Gasteiger charge is 2.31. The highest BCUT2D eigenvalue weighted by atomic mass is 19.4. The third-order valence-corrected chi connectivity index (χ3v) is 2.80. The number of halogens is 3. The zero-order valence-corrected chi connectivity index (χ0v) is 11.3. The lowest BCUT2D eigenvalue weighted by Crippen LogP contribution is -2.27. The maximum Gasteiger partial charge on any atom is 0.573 e. The van der Waals surface area contributed by atoms with Gasteiger partial charge in [0.25, 0.3) is 0 Å². The van der Waals surface area contributed by atoms with Crippen LogP contribution in [0.15, 0.2) is 54.6 Å². The maximum absolute atomic E-state index is 12.2. The fourth-order valence-electron chi connectivity index (χ4n) is 1.91. The Balaban J connectivity index is 2.21. The monoisotopic (exact) mass is 310 g/mol. The average molecular weight is 310 g/mol. The average Bonchev–Trinajstić information content (AvgIpc) is 2.44. The van der Waals surface area contributed by atoms with Crippen molar-refractivity contribution in [1.29, 1.82) is 0 Å². The first-order valence-electron chi connectivity index (χ1n) is 6.32. The van der Waals surface area contributed by atoms with Gasteiger partial charge in [0.1, 0.15) is 11.8 Å². The van der Waals surface area contributed by atoms with E-state index in [1.807, 2.05) is 0 Å². The molecule has 2 rings (SSSR count). The molecule has 3 N–H and O–H groups in total. The summed E-state index contributed by atoms with van der Waals surface area (Å²) in [5.74, 6) is -1.03. The van der Waals surface area contributed by atoms with Gasteiger partial charge in [-0.2, -0.15) is 0 Å². The summed E-state index contributed by atoms with van der Waals surface area (Å²) in [6, 6.07) is 13.0. The first-order valence-corrected chi connectivity index (χ1v) is 6.32. The Labute approximate surface area is 124 Å². The molecule has 0 unspecified atom stereocenters. The van der Waals surface area contributed by atoms with Crippen molar-refractivity contribution in [3.05, 3.63) is 60.2 Å². The number of nitrogens with one attached hydrogen (secondary N) is 1. The Kier molecular flexibility index (Phi) is 4.55. The highest BCUT2D eigenvalue weighted by molar-refractivity contribution is 5.84. The van der Waals surface area contributed by atoms with Crippen LogP contribution in [-0.2, 0) is 4.79 Å². The molecule has 0 aliphatic rings. The molecule has 116 valence electrons. The summed E-state index contributed by atoms with van der Waals surface area (Å²) in [5.41, 5.74) is 6.24. The Morgan fingerprint density at radius 1 is 1.09 bits per heavy atom. The molecule has 1 atom stereocenters. The molecule has 0 aliphatic heterocycles. The fraction of sp³-hybridized carbons (Fsp3) is 0.133. The molecule has 0 radical (unpaired) electrons. The largest absolute Gasteiger partial charge is 0.573 e. The SMILES string of the molecule is NC(=O)[C@H](Nc1cccc(OC(F)(F)F)c1)c1ccccc1. The van der Waals surface area contributed by atoms with Crippen LogP contribution in [0.2, 0.25) is 0 Å². The summed E-state index contributed by atoms with van der Waals surface area (Å²) in [4.78, 5) is 11.6. The van der Waals surface area contributed by atoms with Crippen molar-refractivity contribution >= 4 is 11.6 Å². The van der Waals surface area contributed by atoms with Crippen LogP contribution in [-0.4, -0.2) is 12.3 Å². The van der Waals surface area contributed by atoms with Crippen LogP contribution in [0.5, 0.6) is 5.75 Å². The second-order valence-corrected chi connectivity index (χ2v) is 4.47. The van der Waals surface area contributed by atoms with Gasteiger partial charge in [-0.15, -0.1) is 13.2 Å². The van der Waals surface area contributed by atoms with E-state index in [4.69, 9.17) is 5.73 Å². The molecule has 4 nitrogen and oxygen atoms in total. The molecule has 7 heteroatoms. The standard InChI is InChI=1S/C15H13F3N2O2/c16-15(17,18)22-12-8-4-7-11(9-12)20-13(14(19)21)10-5-2-1-3-6-10/h1-9,13,20H,(H2,19,21)/t13-/m1/s1. The van der Waals surface area contributed by atoms with Gasteiger partial charge in [0.15, 0.2) is 0 Å². The van der Waals surface area contributed by atoms with E-state index in [-0.39, 0.29) is 11.4 Å². The Hall–Kier alpha value is -2.70. The van der Waals surface area contributed by atoms with E-state index in [2.05, 4.69) is 10.1 Å². The molecule has 0 spiro atoms. The number of hydrogen-bond acceptors (Lipinski definition) is 3. The third-order valence-electron chi connectivity index (χ3n) is 2.80. The predicted octanol–water partition coefficient (Wildman–Crippen LogP) is 3.22. The van der Waals surface area contributed by atoms with Gasteiger partial charge in [0, 0.05) is 11.8 Å². The van der Waals surface area contributed by atoms with Gasteiger partial charge < -0.3 is 15.8 Å². The Bertz CT molecular complexity index is 645. The van der Waals surface area contributed by atoms with Crippen molar-refractivity contribution in [2.45, 2.75) is 12.4 Å². The molecule has 0 fully saturated rings. The number of carbonyl (C=O) groups is 1. The molecular weight excluding hydrogens is 297 g/mol. The highest BCUT2D eigenvalue weighted by Crippen LogP contribution is 2.27. The zero-order valence-electron chi connectivity index (χ0n) is 11.3. The molecule has 0 aromatic heterocycles. The third kappa shape index (κ3) is 4.41. The van der Waals surface area contributed by atoms with Crippen LogP contribution in [0.25, 0.3) is 0 Å². The summed E-state index contributed by atoms with van der Waals surface area (Å²) in [6.07, 6.45) is -4.78. The maximum atomic E-state index is 12.2. The molecule has 2 aromatic carbocycles. The van der Waals surface area contributed by atoms with Gasteiger partial charge >= 0.3 is 6.36 Å². The number of ether oxygens (including phenoxy) is 1.